The summed E-state index contributed by atoms with van der Waals surface area (Å²) in [5, 5.41) is 18.8. The Morgan fingerprint density at radius 3 is 2.60 bits per heavy atom. The van der Waals surface area contributed by atoms with Crippen molar-refractivity contribution in [3.63, 3.8) is 0 Å². The van der Waals surface area contributed by atoms with E-state index in [-0.39, 0.29) is 11.6 Å². The van der Waals surface area contributed by atoms with Gasteiger partial charge < -0.3 is 10.4 Å². The zero-order valence-electron chi connectivity index (χ0n) is 14.3. The summed E-state index contributed by atoms with van der Waals surface area (Å²) in [7, 11) is 0. The van der Waals surface area contributed by atoms with Gasteiger partial charge in [0.25, 0.3) is 0 Å². The second-order valence-electron chi connectivity index (χ2n) is 6.50. The molecular weight excluding hydrogens is 320 g/mol. The first kappa shape index (κ1) is 17.0. The monoisotopic (exact) mass is 342 g/mol. The summed E-state index contributed by atoms with van der Waals surface area (Å²) >= 11 is 0. The molecule has 1 aromatic heterocycles. The van der Waals surface area contributed by atoms with E-state index in [1.54, 1.807) is 12.1 Å². The van der Waals surface area contributed by atoms with E-state index >= 15 is 0 Å². The van der Waals surface area contributed by atoms with Crippen LogP contribution in [0.3, 0.4) is 0 Å². The minimum atomic E-state index is -0.969. The lowest BCUT2D eigenvalue weighted by Gasteiger charge is -2.12. The Kier molecular flexibility index (Phi) is 4.74. The first-order chi connectivity index (χ1) is 11.9. The molecule has 1 fully saturated rings. The van der Waals surface area contributed by atoms with Crippen LogP contribution in [-0.2, 0) is 6.54 Å². The molecule has 2 aromatic rings. The van der Waals surface area contributed by atoms with E-state index in [0.29, 0.717) is 24.3 Å². The van der Waals surface area contributed by atoms with Gasteiger partial charge in [-0.05, 0) is 50.3 Å². The molecule has 3 N–H and O–H groups in total. The van der Waals surface area contributed by atoms with Gasteiger partial charge >= 0.3 is 12.0 Å². The standard InChI is InChI=1S/C18H22N4O3/c1-11-9-16(21-22(11)12(2)14-7-8-14)20-18(25)19-10-13-3-5-15(6-4-13)17(23)24/h3-6,9,12,14H,7-8,10H2,1-2H3,(H,23,24)(H2,19,20,21,25). The van der Waals surface area contributed by atoms with Gasteiger partial charge in [-0.15, -0.1) is 0 Å². The number of amides is 2. The number of nitrogens with one attached hydrogen (secondary N) is 2. The predicted octanol–water partition coefficient (Wildman–Crippen LogP) is 3.18. The summed E-state index contributed by atoms with van der Waals surface area (Å²) in [5.41, 5.74) is 2.07. The van der Waals surface area contributed by atoms with Gasteiger partial charge in [-0.2, -0.15) is 5.10 Å². The molecule has 0 bridgehead atoms. The fourth-order valence-corrected chi connectivity index (χ4v) is 2.85. The van der Waals surface area contributed by atoms with Gasteiger partial charge in [0.05, 0.1) is 11.6 Å². The van der Waals surface area contributed by atoms with E-state index < -0.39 is 5.97 Å². The number of aromatic carboxylic acids is 1. The average Bonchev–Trinajstić information content (AvgIpc) is 3.37. The van der Waals surface area contributed by atoms with Crippen molar-refractivity contribution in [1.82, 2.24) is 15.1 Å². The molecule has 1 aliphatic carbocycles. The van der Waals surface area contributed by atoms with Crippen molar-refractivity contribution in [3.8, 4) is 0 Å². The minimum Gasteiger partial charge on any atom is -0.478 e. The van der Waals surface area contributed by atoms with Crippen LogP contribution in [0.2, 0.25) is 0 Å². The molecule has 1 saturated carbocycles. The van der Waals surface area contributed by atoms with Gasteiger partial charge in [0.2, 0.25) is 0 Å². The Morgan fingerprint density at radius 2 is 2.00 bits per heavy atom. The van der Waals surface area contributed by atoms with Crippen molar-refractivity contribution in [1.29, 1.82) is 0 Å². The van der Waals surface area contributed by atoms with E-state index in [9.17, 15) is 9.59 Å². The van der Waals surface area contributed by atoms with Crippen LogP contribution < -0.4 is 10.6 Å². The van der Waals surface area contributed by atoms with Crippen LogP contribution in [0, 0.1) is 12.8 Å². The van der Waals surface area contributed by atoms with Crippen LogP contribution in [0.5, 0.6) is 0 Å². The number of carbonyl (C=O) groups is 2. The second-order valence-corrected chi connectivity index (χ2v) is 6.50. The molecule has 1 aliphatic rings. The molecule has 0 aliphatic heterocycles. The number of anilines is 1. The Labute approximate surface area is 146 Å². The summed E-state index contributed by atoms with van der Waals surface area (Å²) in [6.07, 6.45) is 2.48. The van der Waals surface area contributed by atoms with Crippen molar-refractivity contribution in [2.45, 2.75) is 39.3 Å². The number of benzene rings is 1. The number of hydrogen-bond acceptors (Lipinski definition) is 3. The van der Waals surface area contributed by atoms with Crippen LogP contribution in [0.15, 0.2) is 30.3 Å². The van der Waals surface area contributed by atoms with Crippen molar-refractivity contribution < 1.29 is 14.7 Å². The topological polar surface area (TPSA) is 96.2 Å². The van der Waals surface area contributed by atoms with Crippen LogP contribution in [-0.4, -0.2) is 26.9 Å². The average molecular weight is 342 g/mol. The lowest BCUT2D eigenvalue weighted by molar-refractivity contribution is 0.0697. The van der Waals surface area contributed by atoms with E-state index in [0.717, 1.165) is 11.3 Å². The van der Waals surface area contributed by atoms with Gasteiger partial charge in [0.1, 0.15) is 0 Å². The molecule has 3 rings (SSSR count). The van der Waals surface area contributed by atoms with Gasteiger partial charge in [-0.25, -0.2) is 9.59 Å². The highest BCUT2D eigenvalue weighted by Crippen LogP contribution is 2.39. The maximum absolute atomic E-state index is 12.0. The molecular formula is C18H22N4O3. The van der Waals surface area contributed by atoms with Crippen molar-refractivity contribution in [2.24, 2.45) is 5.92 Å². The van der Waals surface area contributed by atoms with Crippen LogP contribution in [0.25, 0.3) is 0 Å². The molecule has 0 spiro atoms. The lowest BCUT2D eigenvalue weighted by Crippen LogP contribution is -2.28. The first-order valence-corrected chi connectivity index (χ1v) is 8.37. The second kappa shape index (κ2) is 6.96. The molecule has 7 nitrogen and oxygen atoms in total. The zero-order valence-corrected chi connectivity index (χ0v) is 14.3. The molecule has 1 unspecified atom stereocenters. The Balaban J connectivity index is 1.54. The number of urea groups is 1. The van der Waals surface area contributed by atoms with Gasteiger partial charge in [-0.1, -0.05) is 12.1 Å². The molecule has 0 radical (unpaired) electrons. The van der Waals surface area contributed by atoms with Crippen LogP contribution in [0.4, 0.5) is 10.6 Å². The van der Waals surface area contributed by atoms with Gasteiger partial charge in [0, 0.05) is 18.3 Å². The lowest BCUT2D eigenvalue weighted by atomic mass is 10.1. The highest BCUT2D eigenvalue weighted by atomic mass is 16.4. The predicted molar refractivity (Wildman–Crippen MR) is 93.7 cm³/mol. The molecule has 132 valence electrons. The normalized spacial score (nSPS) is 14.8. The summed E-state index contributed by atoms with van der Waals surface area (Å²) < 4.78 is 1.97. The van der Waals surface area contributed by atoms with E-state index in [1.165, 1.54) is 25.0 Å². The number of carboxylic acids is 1. The zero-order chi connectivity index (χ0) is 18.0. The SMILES string of the molecule is Cc1cc(NC(=O)NCc2ccc(C(=O)O)cc2)nn1C(C)C1CC1. The molecule has 1 atom stereocenters. The molecule has 25 heavy (non-hydrogen) atoms. The van der Waals surface area contributed by atoms with Gasteiger partial charge in [-0.3, -0.25) is 10.00 Å². The Bertz CT molecular complexity index is 778. The van der Waals surface area contributed by atoms with Crippen molar-refractivity contribution in [3.05, 3.63) is 47.2 Å². The first-order valence-electron chi connectivity index (χ1n) is 8.37. The van der Waals surface area contributed by atoms with Crippen molar-refractivity contribution in [2.75, 3.05) is 5.32 Å². The number of carbonyl (C=O) groups excluding carboxylic acids is 1. The van der Waals surface area contributed by atoms with Crippen molar-refractivity contribution >= 4 is 17.8 Å². The van der Waals surface area contributed by atoms with Crippen LogP contribution in [0.1, 0.15) is 47.4 Å². The maximum Gasteiger partial charge on any atom is 0.335 e. The summed E-state index contributed by atoms with van der Waals surface area (Å²) in [6, 6.07) is 8.26. The van der Waals surface area contributed by atoms with Crippen LogP contribution >= 0.6 is 0 Å². The fourth-order valence-electron chi connectivity index (χ4n) is 2.85. The summed E-state index contributed by atoms with van der Waals surface area (Å²) in [5.74, 6) is 0.251. The summed E-state index contributed by atoms with van der Waals surface area (Å²) in [4.78, 5) is 22.8. The third-order valence-corrected chi connectivity index (χ3v) is 4.51. The molecule has 7 heteroatoms. The van der Waals surface area contributed by atoms with E-state index in [2.05, 4.69) is 22.7 Å². The minimum absolute atomic E-state index is 0.221. The molecule has 0 saturated heterocycles. The molecule has 1 aromatic carbocycles. The quantitative estimate of drug-likeness (QED) is 0.751. The third-order valence-electron chi connectivity index (χ3n) is 4.51. The number of hydrogen-bond donors (Lipinski definition) is 3. The Hall–Kier alpha value is -2.83. The number of nitrogens with zero attached hydrogens (tertiary/aromatic N) is 2. The number of aromatic nitrogens is 2. The Morgan fingerprint density at radius 1 is 1.32 bits per heavy atom. The fraction of sp³-hybridized carbons (Fsp3) is 0.389. The molecule has 2 amide bonds. The largest absolute Gasteiger partial charge is 0.478 e. The smallest absolute Gasteiger partial charge is 0.335 e. The van der Waals surface area contributed by atoms with E-state index in [1.807, 2.05) is 17.7 Å². The van der Waals surface area contributed by atoms with Gasteiger partial charge in [0.15, 0.2) is 5.82 Å². The third kappa shape index (κ3) is 4.17. The van der Waals surface area contributed by atoms with E-state index in [4.69, 9.17) is 5.11 Å². The highest BCUT2D eigenvalue weighted by molar-refractivity contribution is 5.88. The maximum atomic E-state index is 12.0. The summed E-state index contributed by atoms with van der Waals surface area (Å²) in [6.45, 7) is 4.45. The number of aryl methyl sites for hydroxylation is 1. The number of rotatable bonds is 6. The molecule has 1 heterocycles. The number of carboxylic acid groups (broad SMARTS) is 1. The highest BCUT2D eigenvalue weighted by Gasteiger charge is 2.30.